The van der Waals surface area contributed by atoms with Gasteiger partial charge in [-0.05, 0) is 61.1 Å². The van der Waals surface area contributed by atoms with Crippen LogP contribution in [-0.4, -0.2) is 6.61 Å². The third kappa shape index (κ3) is 4.08. The van der Waals surface area contributed by atoms with E-state index >= 15 is 0 Å². The van der Waals surface area contributed by atoms with Crippen molar-refractivity contribution in [1.82, 2.24) is 0 Å². The van der Waals surface area contributed by atoms with E-state index in [9.17, 15) is 0 Å². The summed E-state index contributed by atoms with van der Waals surface area (Å²) in [7, 11) is 0. The van der Waals surface area contributed by atoms with Crippen LogP contribution in [0.5, 0.6) is 5.75 Å². The van der Waals surface area contributed by atoms with Crippen LogP contribution in [0, 0.1) is 13.8 Å². The number of rotatable bonds is 6. The number of ether oxygens (including phenoxy) is 1. The standard InChI is InChI=1S/C19H25NO/c1-4-11-21-17-10-6-9-16(12-17)19(20)13-18-14(2)7-5-8-15(18)3/h5-10,12,19H,4,11,13,20H2,1-3H3. The number of benzene rings is 2. The Morgan fingerprint density at radius 2 is 1.71 bits per heavy atom. The van der Waals surface area contributed by atoms with Gasteiger partial charge in [0.15, 0.2) is 0 Å². The molecule has 0 saturated heterocycles. The third-order valence-electron chi connectivity index (χ3n) is 3.83. The molecule has 2 N–H and O–H groups in total. The number of hydrogen-bond donors (Lipinski definition) is 1. The van der Waals surface area contributed by atoms with Gasteiger partial charge in [0.05, 0.1) is 6.61 Å². The molecular formula is C19H25NO. The van der Waals surface area contributed by atoms with Gasteiger partial charge in [0, 0.05) is 6.04 Å². The van der Waals surface area contributed by atoms with Gasteiger partial charge in [0.1, 0.15) is 5.75 Å². The zero-order valence-corrected chi connectivity index (χ0v) is 13.2. The second kappa shape index (κ2) is 7.28. The zero-order valence-electron chi connectivity index (χ0n) is 13.2. The highest BCUT2D eigenvalue weighted by atomic mass is 16.5. The van der Waals surface area contributed by atoms with E-state index < -0.39 is 0 Å². The van der Waals surface area contributed by atoms with Gasteiger partial charge >= 0.3 is 0 Å². The first-order valence-corrected chi connectivity index (χ1v) is 7.65. The molecule has 0 aromatic heterocycles. The van der Waals surface area contributed by atoms with Crippen molar-refractivity contribution in [2.24, 2.45) is 5.73 Å². The summed E-state index contributed by atoms with van der Waals surface area (Å²) in [5.41, 5.74) is 11.5. The lowest BCUT2D eigenvalue weighted by Gasteiger charge is -2.17. The molecule has 0 saturated carbocycles. The molecule has 2 heteroatoms. The van der Waals surface area contributed by atoms with Crippen LogP contribution in [0.25, 0.3) is 0 Å². The van der Waals surface area contributed by atoms with Crippen molar-refractivity contribution in [2.75, 3.05) is 6.61 Å². The van der Waals surface area contributed by atoms with E-state index in [1.807, 2.05) is 12.1 Å². The summed E-state index contributed by atoms with van der Waals surface area (Å²) < 4.78 is 5.69. The fourth-order valence-electron chi connectivity index (χ4n) is 2.56. The highest BCUT2D eigenvalue weighted by Crippen LogP contribution is 2.24. The average Bonchev–Trinajstić information content (AvgIpc) is 2.49. The molecule has 0 fully saturated rings. The molecule has 0 amide bonds. The van der Waals surface area contributed by atoms with Crippen LogP contribution >= 0.6 is 0 Å². The second-order valence-corrected chi connectivity index (χ2v) is 5.60. The van der Waals surface area contributed by atoms with Gasteiger partial charge in [-0.1, -0.05) is 37.3 Å². The van der Waals surface area contributed by atoms with Gasteiger partial charge in [0.2, 0.25) is 0 Å². The number of hydrogen-bond acceptors (Lipinski definition) is 2. The van der Waals surface area contributed by atoms with E-state index in [-0.39, 0.29) is 6.04 Å². The molecule has 2 aromatic rings. The highest BCUT2D eigenvalue weighted by Gasteiger charge is 2.11. The molecule has 0 aliphatic carbocycles. The maximum absolute atomic E-state index is 6.41. The molecule has 112 valence electrons. The monoisotopic (exact) mass is 283 g/mol. The van der Waals surface area contributed by atoms with E-state index in [1.54, 1.807) is 0 Å². The molecule has 0 aliphatic heterocycles. The van der Waals surface area contributed by atoms with Crippen LogP contribution in [0.15, 0.2) is 42.5 Å². The Morgan fingerprint density at radius 3 is 2.38 bits per heavy atom. The molecule has 0 aliphatic rings. The molecular weight excluding hydrogens is 258 g/mol. The largest absolute Gasteiger partial charge is 0.494 e. The van der Waals surface area contributed by atoms with Crippen LogP contribution in [0.4, 0.5) is 0 Å². The predicted molar refractivity (Wildman–Crippen MR) is 88.8 cm³/mol. The molecule has 2 nitrogen and oxygen atoms in total. The summed E-state index contributed by atoms with van der Waals surface area (Å²) in [6.45, 7) is 7.15. The van der Waals surface area contributed by atoms with E-state index in [1.165, 1.54) is 16.7 Å². The minimum atomic E-state index is -0.00465. The smallest absolute Gasteiger partial charge is 0.119 e. The normalized spacial score (nSPS) is 12.2. The van der Waals surface area contributed by atoms with Crippen molar-refractivity contribution in [2.45, 2.75) is 39.7 Å². The first-order valence-electron chi connectivity index (χ1n) is 7.65. The fraction of sp³-hybridized carbons (Fsp3) is 0.368. The molecule has 0 heterocycles. The first-order chi connectivity index (χ1) is 10.1. The zero-order chi connectivity index (χ0) is 15.2. The van der Waals surface area contributed by atoms with E-state index in [4.69, 9.17) is 10.5 Å². The first kappa shape index (κ1) is 15.6. The summed E-state index contributed by atoms with van der Waals surface area (Å²) in [6, 6.07) is 14.5. The minimum Gasteiger partial charge on any atom is -0.494 e. The Kier molecular flexibility index (Phi) is 5.40. The van der Waals surface area contributed by atoms with Gasteiger partial charge in [-0.15, -0.1) is 0 Å². The second-order valence-electron chi connectivity index (χ2n) is 5.60. The van der Waals surface area contributed by atoms with Crippen molar-refractivity contribution >= 4 is 0 Å². The summed E-state index contributed by atoms with van der Waals surface area (Å²) in [5.74, 6) is 0.909. The topological polar surface area (TPSA) is 35.2 Å². The lowest BCUT2D eigenvalue weighted by atomic mass is 9.93. The van der Waals surface area contributed by atoms with Gasteiger partial charge in [-0.3, -0.25) is 0 Å². The summed E-state index contributed by atoms with van der Waals surface area (Å²) in [6.07, 6.45) is 1.87. The predicted octanol–water partition coefficient (Wildman–Crippen LogP) is 4.33. The number of nitrogens with two attached hydrogens (primary N) is 1. The molecule has 2 aromatic carbocycles. The Morgan fingerprint density at radius 1 is 1.05 bits per heavy atom. The van der Waals surface area contributed by atoms with Crippen molar-refractivity contribution < 1.29 is 4.74 Å². The molecule has 0 radical (unpaired) electrons. The maximum atomic E-state index is 6.41. The Bertz CT molecular complexity index is 572. The van der Waals surface area contributed by atoms with E-state index in [0.717, 1.165) is 30.8 Å². The van der Waals surface area contributed by atoms with Gasteiger partial charge in [-0.25, -0.2) is 0 Å². The molecule has 0 bridgehead atoms. The van der Waals surface area contributed by atoms with Crippen molar-refractivity contribution in [3.8, 4) is 5.75 Å². The Labute approximate surface area is 127 Å². The van der Waals surface area contributed by atoms with Crippen LogP contribution in [0.2, 0.25) is 0 Å². The highest BCUT2D eigenvalue weighted by molar-refractivity contribution is 5.37. The molecule has 1 atom stereocenters. The van der Waals surface area contributed by atoms with Crippen molar-refractivity contribution in [1.29, 1.82) is 0 Å². The van der Waals surface area contributed by atoms with Gasteiger partial charge in [0.25, 0.3) is 0 Å². The lowest BCUT2D eigenvalue weighted by Crippen LogP contribution is -2.15. The van der Waals surface area contributed by atoms with Crippen LogP contribution in [0.1, 0.15) is 41.6 Å². The Balaban J connectivity index is 2.14. The molecule has 1 unspecified atom stereocenters. The summed E-state index contributed by atoms with van der Waals surface area (Å²) in [5, 5.41) is 0. The van der Waals surface area contributed by atoms with Crippen molar-refractivity contribution in [3.05, 3.63) is 64.7 Å². The van der Waals surface area contributed by atoms with Crippen LogP contribution in [0.3, 0.4) is 0 Å². The quantitative estimate of drug-likeness (QED) is 0.856. The summed E-state index contributed by atoms with van der Waals surface area (Å²) in [4.78, 5) is 0. The summed E-state index contributed by atoms with van der Waals surface area (Å²) >= 11 is 0. The van der Waals surface area contributed by atoms with Crippen LogP contribution < -0.4 is 10.5 Å². The molecule has 0 spiro atoms. The lowest BCUT2D eigenvalue weighted by molar-refractivity contribution is 0.317. The van der Waals surface area contributed by atoms with E-state index in [0.29, 0.717) is 0 Å². The SMILES string of the molecule is CCCOc1cccc(C(N)Cc2c(C)cccc2C)c1. The van der Waals surface area contributed by atoms with Gasteiger partial charge in [-0.2, -0.15) is 0 Å². The molecule has 2 rings (SSSR count). The van der Waals surface area contributed by atoms with E-state index in [2.05, 4.69) is 51.1 Å². The fourth-order valence-corrected chi connectivity index (χ4v) is 2.56. The number of aryl methyl sites for hydroxylation is 2. The minimum absolute atomic E-state index is 0.00465. The van der Waals surface area contributed by atoms with Gasteiger partial charge < -0.3 is 10.5 Å². The molecule has 21 heavy (non-hydrogen) atoms. The van der Waals surface area contributed by atoms with Crippen molar-refractivity contribution in [3.63, 3.8) is 0 Å². The van der Waals surface area contributed by atoms with Crippen LogP contribution in [-0.2, 0) is 6.42 Å². The maximum Gasteiger partial charge on any atom is 0.119 e. The Hall–Kier alpha value is -1.80. The average molecular weight is 283 g/mol. The third-order valence-corrected chi connectivity index (χ3v) is 3.83.